The number of nitrogens with zero attached hydrogens (tertiary/aromatic N) is 6. The highest BCUT2D eigenvalue weighted by Gasteiger charge is 2.49. The molecule has 3 aromatic heterocycles. The Bertz CT molecular complexity index is 1580. The van der Waals surface area contributed by atoms with Gasteiger partial charge in [-0.2, -0.15) is 14.0 Å². The average Bonchev–Trinajstić information content (AvgIpc) is 3.45. The zero-order valence-electron chi connectivity index (χ0n) is 19.5. The molecule has 1 saturated heterocycles. The largest absolute Gasteiger partial charge is 0.441 e. The summed E-state index contributed by atoms with van der Waals surface area (Å²) in [4.78, 5) is 18.5. The van der Waals surface area contributed by atoms with Crippen LogP contribution in [0.1, 0.15) is 25.5 Å². The molecule has 0 unspecified atom stereocenters. The van der Waals surface area contributed by atoms with Crippen molar-refractivity contribution in [2.24, 2.45) is 0 Å². The minimum absolute atomic E-state index is 0.265. The average molecular weight is 481 g/mol. The number of rotatable bonds is 4. The van der Waals surface area contributed by atoms with E-state index in [1.807, 2.05) is 68.4 Å². The molecule has 0 bridgehead atoms. The van der Waals surface area contributed by atoms with Gasteiger partial charge in [0, 0.05) is 17.4 Å². The number of aromatic nitrogens is 5. The van der Waals surface area contributed by atoms with Gasteiger partial charge in [0.2, 0.25) is 5.95 Å². The molecular weight excluding hydrogens is 459 g/mol. The van der Waals surface area contributed by atoms with Gasteiger partial charge in [-0.3, -0.25) is 4.90 Å². The Balaban J connectivity index is 1.35. The van der Waals surface area contributed by atoms with Gasteiger partial charge in [0.05, 0.1) is 11.3 Å². The first-order chi connectivity index (χ1) is 17.4. The lowest BCUT2D eigenvalue weighted by Crippen LogP contribution is -2.33. The van der Waals surface area contributed by atoms with Crippen LogP contribution in [0.4, 0.5) is 14.9 Å². The molecule has 36 heavy (non-hydrogen) atoms. The van der Waals surface area contributed by atoms with E-state index in [9.17, 15) is 9.18 Å². The molecule has 4 heterocycles. The number of hydrogen-bond donors (Lipinski definition) is 0. The number of hydrogen-bond acceptors (Lipinski definition) is 6. The second-order valence-electron chi connectivity index (χ2n) is 9.12. The van der Waals surface area contributed by atoms with E-state index in [1.165, 1.54) is 17.0 Å². The molecule has 2 aromatic carbocycles. The van der Waals surface area contributed by atoms with Crippen molar-refractivity contribution in [1.82, 2.24) is 24.8 Å². The van der Waals surface area contributed by atoms with E-state index in [1.54, 1.807) is 23.1 Å². The van der Waals surface area contributed by atoms with Gasteiger partial charge in [-0.1, -0.05) is 42.5 Å². The fourth-order valence-electron chi connectivity index (χ4n) is 4.66. The molecule has 0 aliphatic carbocycles. The van der Waals surface area contributed by atoms with Gasteiger partial charge in [0.25, 0.3) is 0 Å². The number of cyclic esters (lactones) is 1. The number of pyridine rings is 1. The van der Waals surface area contributed by atoms with Crippen molar-refractivity contribution in [3.05, 3.63) is 96.8 Å². The summed E-state index contributed by atoms with van der Waals surface area (Å²) in [6, 6.07) is 22.1. The third kappa shape index (κ3) is 3.65. The van der Waals surface area contributed by atoms with E-state index in [4.69, 9.17) is 4.74 Å². The molecule has 5 aromatic rings. The highest BCUT2D eigenvalue weighted by atomic mass is 19.1. The van der Waals surface area contributed by atoms with E-state index in [0.29, 0.717) is 22.6 Å². The SMILES string of the molecule is CC1(C)OC(=O)N(c2ccc(-c3cnc(F)c(-c4ccc5nncn5n4)c3)cc2)[C@H]1c1ccccc1. The smallest absolute Gasteiger partial charge is 0.415 e. The van der Waals surface area contributed by atoms with Crippen molar-refractivity contribution in [2.45, 2.75) is 25.5 Å². The highest BCUT2D eigenvalue weighted by molar-refractivity contribution is 5.92. The second kappa shape index (κ2) is 8.23. The van der Waals surface area contributed by atoms with Gasteiger partial charge in [-0.05, 0) is 55.3 Å². The van der Waals surface area contributed by atoms with Gasteiger partial charge >= 0.3 is 6.09 Å². The summed E-state index contributed by atoms with van der Waals surface area (Å²) in [7, 11) is 0. The van der Waals surface area contributed by atoms with Gasteiger partial charge in [0.15, 0.2) is 5.65 Å². The molecule has 0 radical (unpaired) electrons. The molecule has 8 nitrogen and oxygen atoms in total. The molecule has 1 aliphatic heterocycles. The maximum Gasteiger partial charge on any atom is 0.415 e. The molecular formula is C27H21FN6O2. The van der Waals surface area contributed by atoms with E-state index in [2.05, 4.69) is 20.3 Å². The van der Waals surface area contributed by atoms with Crippen LogP contribution in [0, 0.1) is 5.95 Å². The van der Waals surface area contributed by atoms with Crippen molar-refractivity contribution in [1.29, 1.82) is 0 Å². The minimum Gasteiger partial charge on any atom is -0.441 e. The van der Waals surface area contributed by atoms with Crippen molar-refractivity contribution >= 4 is 17.4 Å². The van der Waals surface area contributed by atoms with Gasteiger partial charge in [0.1, 0.15) is 18.0 Å². The lowest BCUT2D eigenvalue weighted by molar-refractivity contribution is 0.0685. The van der Waals surface area contributed by atoms with Crippen LogP contribution in [0.2, 0.25) is 0 Å². The Morgan fingerprint density at radius 3 is 2.53 bits per heavy atom. The maximum atomic E-state index is 14.6. The van der Waals surface area contributed by atoms with Crippen molar-refractivity contribution < 1.29 is 13.9 Å². The van der Waals surface area contributed by atoms with Crippen LogP contribution in [0.15, 0.2) is 85.3 Å². The number of carbonyl (C=O) groups is 1. The van der Waals surface area contributed by atoms with E-state index in [-0.39, 0.29) is 11.6 Å². The zero-order valence-corrected chi connectivity index (χ0v) is 19.5. The van der Waals surface area contributed by atoms with Crippen molar-refractivity contribution in [3.8, 4) is 22.4 Å². The van der Waals surface area contributed by atoms with Crippen molar-refractivity contribution in [2.75, 3.05) is 4.90 Å². The summed E-state index contributed by atoms with van der Waals surface area (Å²) in [5, 5.41) is 12.1. The van der Waals surface area contributed by atoms with Crippen molar-refractivity contribution in [3.63, 3.8) is 0 Å². The predicted octanol–water partition coefficient (Wildman–Crippen LogP) is 5.47. The molecule has 6 rings (SSSR count). The summed E-state index contributed by atoms with van der Waals surface area (Å²) in [5.74, 6) is -0.622. The number of benzene rings is 2. The molecule has 0 saturated carbocycles. The topological polar surface area (TPSA) is 85.5 Å². The first kappa shape index (κ1) is 21.8. The number of fused-ring (bicyclic) bond motifs is 1. The highest BCUT2D eigenvalue weighted by Crippen LogP contribution is 2.44. The molecule has 1 fully saturated rings. The number of ether oxygens (including phenoxy) is 1. The molecule has 1 atom stereocenters. The Hall–Kier alpha value is -4.66. The second-order valence-corrected chi connectivity index (χ2v) is 9.12. The molecule has 0 spiro atoms. The van der Waals surface area contributed by atoms with Gasteiger partial charge in [-0.25, -0.2) is 9.78 Å². The molecule has 1 aliphatic rings. The third-order valence-electron chi connectivity index (χ3n) is 6.33. The summed E-state index contributed by atoms with van der Waals surface area (Å²) in [6.45, 7) is 3.82. The summed E-state index contributed by atoms with van der Waals surface area (Å²) < 4.78 is 21.8. The standard InChI is InChI=1S/C27H21FN6O2/c1-27(2)24(18-6-4-3-5-7-18)34(26(35)36-27)20-10-8-17(9-11-20)19-14-21(25(28)29-15-19)22-12-13-23-31-30-16-33(23)32-22/h3-16,24H,1-2H3/t24-/m0/s1. The first-order valence-corrected chi connectivity index (χ1v) is 11.4. The quantitative estimate of drug-likeness (QED) is 0.317. The lowest BCUT2D eigenvalue weighted by atomic mass is 9.91. The van der Waals surface area contributed by atoms with Crippen LogP contribution in [-0.2, 0) is 4.74 Å². The Morgan fingerprint density at radius 2 is 1.75 bits per heavy atom. The van der Waals surface area contributed by atoms with E-state index in [0.717, 1.165) is 11.1 Å². The first-order valence-electron chi connectivity index (χ1n) is 11.4. The van der Waals surface area contributed by atoms with Gasteiger partial charge < -0.3 is 4.74 Å². The number of halogens is 1. The minimum atomic E-state index is -0.703. The Labute approximate surface area is 206 Å². The van der Waals surface area contributed by atoms with Crippen LogP contribution in [0.5, 0.6) is 0 Å². The normalized spacial score (nSPS) is 16.9. The number of anilines is 1. The Kier molecular flexibility index (Phi) is 4.99. The molecule has 1 amide bonds. The van der Waals surface area contributed by atoms with E-state index >= 15 is 0 Å². The summed E-state index contributed by atoms with van der Waals surface area (Å²) >= 11 is 0. The van der Waals surface area contributed by atoms with Crippen LogP contribution in [0.3, 0.4) is 0 Å². The fourth-order valence-corrected chi connectivity index (χ4v) is 4.66. The summed E-state index contributed by atoms with van der Waals surface area (Å²) in [5.41, 5.74) is 3.77. The number of amides is 1. The van der Waals surface area contributed by atoms with Gasteiger partial charge in [-0.15, -0.1) is 10.2 Å². The monoisotopic (exact) mass is 480 g/mol. The third-order valence-corrected chi connectivity index (χ3v) is 6.33. The van der Waals surface area contributed by atoms with Crippen LogP contribution >= 0.6 is 0 Å². The Morgan fingerprint density at radius 1 is 0.972 bits per heavy atom. The van der Waals surface area contributed by atoms with Crippen LogP contribution in [0.25, 0.3) is 28.0 Å². The van der Waals surface area contributed by atoms with Crippen LogP contribution in [-0.4, -0.2) is 36.5 Å². The fraction of sp³-hybridized carbons (Fsp3) is 0.148. The summed E-state index contributed by atoms with van der Waals surface area (Å²) in [6.07, 6.45) is 2.54. The van der Waals surface area contributed by atoms with E-state index < -0.39 is 17.6 Å². The van der Waals surface area contributed by atoms with Crippen LogP contribution < -0.4 is 4.90 Å². The zero-order chi connectivity index (χ0) is 24.9. The predicted molar refractivity (Wildman–Crippen MR) is 132 cm³/mol. The molecule has 0 N–H and O–H groups in total. The molecule has 9 heteroatoms. The lowest BCUT2D eigenvalue weighted by Gasteiger charge is -2.29. The molecule has 178 valence electrons. The maximum absolute atomic E-state index is 14.6. The number of carbonyl (C=O) groups excluding carboxylic acids is 1.